The van der Waals surface area contributed by atoms with Crippen molar-refractivity contribution >= 4 is 0 Å². The maximum atomic E-state index is 2.35. The molecule has 0 radical (unpaired) electrons. The predicted octanol–water partition coefficient (Wildman–Crippen LogP) is 9.69. The minimum Gasteiger partial charge on any atom is -0.0622 e. The van der Waals surface area contributed by atoms with E-state index in [9.17, 15) is 0 Å². The SMILES string of the molecule is Cc1ccc2c(c1)-c1ccccc1C2(c1ccc(-c2ccccc2)cc1)c1ccc(-c2ccccc2)cc1. The van der Waals surface area contributed by atoms with Crippen molar-refractivity contribution in [2.24, 2.45) is 0 Å². The Morgan fingerprint density at radius 2 is 0.816 bits per heavy atom. The van der Waals surface area contributed by atoms with Crippen molar-refractivity contribution in [2.75, 3.05) is 0 Å². The maximum Gasteiger partial charge on any atom is 0.0713 e. The first-order valence-electron chi connectivity index (χ1n) is 13.3. The van der Waals surface area contributed by atoms with Crippen LogP contribution in [0.5, 0.6) is 0 Å². The van der Waals surface area contributed by atoms with Gasteiger partial charge in [0.15, 0.2) is 0 Å². The summed E-state index contributed by atoms with van der Waals surface area (Å²) in [6, 6.07) is 55.6. The molecular formula is C38H28. The van der Waals surface area contributed by atoms with Gasteiger partial charge in [-0.1, -0.05) is 157 Å². The van der Waals surface area contributed by atoms with E-state index in [0.29, 0.717) is 0 Å². The fourth-order valence-electron chi connectivity index (χ4n) is 6.27. The summed E-state index contributed by atoms with van der Waals surface area (Å²) in [7, 11) is 0. The van der Waals surface area contributed by atoms with Crippen molar-refractivity contribution in [3.8, 4) is 33.4 Å². The van der Waals surface area contributed by atoms with Gasteiger partial charge in [-0.25, -0.2) is 0 Å². The molecule has 0 aliphatic heterocycles. The molecule has 0 heteroatoms. The number of rotatable bonds is 4. The van der Waals surface area contributed by atoms with Gasteiger partial charge in [-0.3, -0.25) is 0 Å². The second-order valence-electron chi connectivity index (χ2n) is 10.2. The van der Waals surface area contributed by atoms with E-state index in [1.807, 2.05) is 0 Å². The van der Waals surface area contributed by atoms with Crippen molar-refractivity contribution in [3.63, 3.8) is 0 Å². The Morgan fingerprint density at radius 1 is 0.368 bits per heavy atom. The Hall–Kier alpha value is -4.68. The van der Waals surface area contributed by atoms with Gasteiger partial charge in [0.25, 0.3) is 0 Å². The number of aryl methyl sites for hydroxylation is 1. The van der Waals surface area contributed by atoms with Crippen LogP contribution in [0.15, 0.2) is 152 Å². The fourth-order valence-corrected chi connectivity index (χ4v) is 6.27. The topological polar surface area (TPSA) is 0 Å². The predicted molar refractivity (Wildman–Crippen MR) is 159 cm³/mol. The van der Waals surface area contributed by atoms with Gasteiger partial charge in [-0.15, -0.1) is 0 Å². The summed E-state index contributed by atoms with van der Waals surface area (Å²) < 4.78 is 0. The third-order valence-corrected chi connectivity index (χ3v) is 8.05. The highest BCUT2D eigenvalue weighted by Crippen LogP contribution is 2.56. The van der Waals surface area contributed by atoms with Gasteiger partial charge >= 0.3 is 0 Å². The molecule has 0 unspecified atom stereocenters. The largest absolute Gasteiger partial charge is 0.0713 e. The van der Waals surface area contributed by atoms with Crippen molar-refractivity contribution in [2.45, 2.75) is 12.3 Å². The van der Waals surface area contributed by atoms with E-state index < -0.39 is 0 Å². The zero-order valence-corrected chi connectivity index (χ0v) is 21.4. The first-order valence-corrected chi connectivity index (χ1v) is 13.3. The summed E-state index contributed by atoms with van der Waals surface area (Å²) in [5.74, 6) is 0. The fraction of sp³-hybridized carbons (Fsp3) is 0.0526. The smallest absolute Gasteiger partial charge is 0.0622 e. The van der Waals surface area contributed by atoms with Crippen LogP contribution in [-0.2, 0) is 5.41 Å². The van der Waals surface area contributed by atoms with E-state index in [4.69, 9.17) is 0 Å². The average Bonchev–Trinajstić information content (AvgIpc) is 3.28. The zero-order chi connectivity index (χ0) is 25.5. The monoisotopic (exact) mass is 484 g/mol. The highest BCUT2D eigenvalue weighted by molar-refractivity contribution is 5.87. The van der Waals surface area contributed by atoms with Crippen molar-refractivity contribution < 1.29 is 0 Å². The highest BCUT2D eigenvalue weighted by Gasteiger charge is 2.45. The Kier molecular flexibility index (Phi) is 5.34. The molecule has 1 aliphatic carbocycles. The third kappa shape index (κ3) is 3.45. The molecule has 38 heavy (non-hydrogen) atoms. The van der Waals surface area contributed by atoms with Crippen LogP contribution >= 0.6 is 0 Å². The Bertz CT molecular complexity index is 1640. The summed E-state index contributed by atoms with van der Waals surface area (Å²) in [6.07, 6.45) is 0. The Balaban J connectivity index is 1.48. The summed E-state index contributed by atoms with van der Waals surface area (Å²) in [5, 5.41) is 0. The van der Waals surface area contributed by atoms with E-state index in [-0.39, 0.29) is 5.41 Å². The molecule has 0 spiro atoms. The van der Waals surface area contributed by atoms with Gasteiger partial charge < -0.3 is 0 Å². The molecule has 0 heterocycles. The number of benzene rings is 6. The summed E-state index contributed by atoms with van der Waals surface area (Å²) in [4.78, 5) is 0. The molecule has 180 valence electrons. The standard InChI is InChI=1S/C38H28/c1-27-16-25-37-35(26-27)34-14-8-9-15-36(34)38(37,32-21-17-30(18-22-32)28-10-4-2-5-11-28)33-23-19-31(20-24-33)29-12-6-3-7-13-29/h2-26H,1H3. The summed E-state index contributed by atoms with van der Waals surface area (Å²) in [6.45, 7) is 2.19. The maximum absolute atomic E-state index is 2.35. The van der Waals surface area contributed by atoms with E-state index in [1.165, 1.54) is 61.2 Å². The van der Waals surface area contributed by atoms with Crippen LogP contribution in [0.1, 0.15) is 27.8 Å². The lowest BCUT2D eigenvalue weighted by Gasteiger charge is -2.34. The Labute approximate surface area is 224 Å². The van der Waals surface area contributed by atoms with Gasteiger partial charge in [-0.05, 0) is 62.6 Å². The van der Waals surface area contributed by atoms with Gasteiger partial charge in [0.05, 0.1) is 5.41 Å². The molecule has 0 saturated carbocycles. The van der Waals surface area contributed by atoms with Gasteiger partial charge in [0.2, 0.25) is 0 Å². The van der Waals surface area contributed by atoms with Crippen LogP contribution in [0.2, 0.25) is 0 Å². The van der Waals surface area contributed by atoms with E-state index in [2.05, 4.69) is 159 Å². The van der Waals surface area contributed by atoms with Crippen LogP contribution in [0.4, 0.5) is 0 Å². The number of hydrogen-bond acceptors (Lipinski definition) is 0. The lowest BCUT2D eigenvalue weighted by atomic mass is 9.67. The first-order chi connectivity index (χ1) is 18.7. The molecule has 0 aromatic heterocycles. The first kappa shape index (κ1) is 22.5. The van der Waals surface area contributed by atoms with E-state index in [0.717, 1.165) is 0 Å². The second kappa shape index (κ2) is 9.01. The average molecular weight is 485 g/mol. The lowest BCUT2D eigenvalue weighted by molar-refractivity contribution is 0.768. The third-order valence-electron chi connectivity index (χ3n) is 8.05. The van der Waals surface area contributed by atoms with Crippen molar-refractivity contribution in [1.82, 2.24) is 0 Å². The normalized spacial score (nSPS) is 13.1. The molecule has 0 fully saturated rings. The minimum atomic E-state index is -0.385. The van der Waals surface area contributed by atoms with Gasteiger partial charge in [0.1, 0.15) is 0 Å². The molecular weight excluding hydrogens is 456 g/mol. The van der Waals surface area contributed by atoms with E-state index in [1.54, 1.807) is 0 Å². The molecule has 0 atom stereocenters. The molecule has 0 amide bonds. The summed E-state index contributed by atoms with van der Waals surface area (Å²) in [5.41, 5.74) is 13.8. The quantitative estimate of drug-likeness (QED) is 0.233. The minimum absolute atomic E-state index is 0.385. The molecule has 6 aromatic carbocycles. The highest BCUT2D eigenvalue weighted by atomic mass is 14.5. The number of fused-ring (bicyclic) bond motifs is 3. The van der Waals surface area contributed by atoms with Crippen LogP contribution in [0, 0.1) is 6.92 Å². The van der Waals surface area contributed by atoms with Crippen LogP contribution in [-0.4, -0.2) is 0 Å². The molecule has 6 aromatic rings. The molecule has 7 rings (SSSR count). The van der Waals surface area contributed by atoms with Gasteiger partial charge in [-0.2, -0.15) is 0 Å². The molecule has 0 bridgehead atoms. The zero-order valence-electron chi connectivity index (χ0n) is 21.4. The Morgan fingerprint density at radius 3 is 1.37 bits per heavy atom. The summed E-state index contributed by atoms with van der Waals surface area (Å²) >= 11 is 0. The molecule has 0 nitrogen and oxygen atoms in total. The van der Waals surface area contributed by atoms with Gasteiger partial charge in [0, 0.05) is 0 Å². The number of hydrogen-bond donors (Lipinski definition) is 0. The van der Waals surface area contributed by atoms with E-state index >= 15 is 0 Å². The molecule has 0 N–H and O–H groups in total. The molecule has 1 aliphatic rings. The second-order valence-corrected chi connectivity index (χ2v) is 10.2. The van der Waals surface area contributed by atoms with Crippen molar-refractivity contribution in [1.29, 1.82) is 0 Å². The lowest BCUT2D eigenvalue weighted by Crippen LogP contribution is -2.28. The van der Waals surface area contributed by atoms with Crippen LogP contribution in [0.3, 0.4) is 0 Å². The van der Waals surface area contributed by atoms with Crippen molar-refractivity contribution in [3.05, 3.63) is 179 Å². The van der Waals surface area contributed by atoms with Crippen LogP contribution in [0.25, 0.3) is 33.4 Å². The van der Waals surface area contributed by atoms with Crippen LogP contribution < -0.4 is 0 Å². The molecule has 0 saturated heterocycles.